The first-order valence-electron chi connectivity index (χ1n) is 8.93. The lowest BCUT2D eigenvalue weighted by atomic mass is 10.1. The first-order chi connectivity index (χ1) is 13.3. The second-order valence-electron chi connectivity index (χ2n) is 6.48. The Bertz CT molecular complexity index is 864. The molecule has 1 aromatic carbocycles. The van der Waals surface area contributed by atoms with Crippen LogP contribution in [-0.2, 0) is 16.1 Å². The van der Waals surface area contributed by atoms with E-state index in [4.69, 9.17) is 9.15 Å². The van der Waals surface area contributed by atoms with Crippen LogP contribution in [0.15, 0.2) is 58.5 Å². The molecular formula is C20H21N3O3S. The molecule has 1 aliphatic heterocycles. The number of aromatic nitrogens is 1. The SMILES string of the molecule is O=C(CC1CN(Cc2ccccc2)CCO1)Nc1nc(-c2ccco2)cs1. The summed E-state index contributed by atoms with van der Waals surface area (Å²) in [6.45, 7) is 3.15. The minimum atomic E-state index is -0.105. The largest absolute Gasteiger partial charge is 0.463 e. The first-order valence-corrected chi connectivity index (χ1v) is 9.81. The second-order valence-corrected chi connectivity index (χ2v) is 7.34. The number of morpholine rings is 1. The maximum atomic E-state index is 12.4. The van der Waals surface area contributed by atoms with Gasteiger partial charge in [-0.3, -0.25) is 9.69 Å². The van der Waals surface area contributed by atoms with E-state index in [1.165, 1.54) is 16.9 Å². The fraction of sp³-hybridized carbons (Fsp3) is 0.300. The van der Waals surface area contributed by atoms with Crippen molar-refractivity contribution in [1.29, 1.82) is 0 Å². The Morgan fingerprint density at radius 1 is 1.26 bits per heavy atom. The average Bonchev–Trinajstić information content (AvgIpc) is 3.34. The second kappa shape index (κ2) is 8.47. The van der Waals surface area contributed by atoms with Crippen molar-refractivity contribution in [3.05, 3.63) is 59.7 Å². The number of nitrogens with one attached hydrogen (secondary N) is 1. The van der Waals surface area contributed by atoms with Crippen LogP contribution < -0.4 is 5.32 Å². The number of thiazole rings is 1. The zero-order chi connectivity index (χ0) is 18.5. The molecule has 0 aliphatic carbocycles. The Morgan fingerprint density at radius 2 is 2.15 bits per heavy atom. The molecule has 0 saturated carbocycles. The van der Waals surface area contributed by atoms with Crippen molar-refractivity contribution in [2.45, 2.75) is 19.1 Å². The van der Waals surface area contributed by atoms with Gasteiger partial charge >= 0.3 is 0 Å². The number of anilines is 1. The van der Waals surface area contributed by atoms with Crippen molar-refractivity contribution in [2.24, 2.45) is 0 Å². The van der Waals surface area contributed by atoms with Gasteiger partial charge in [0.05, 0.1) is 25.4 Å². The molecule has 0 bridgehead atoms. The molecule has 1 unspecified atom stereocenters. The molecule has 0 radical (unpaired) electrons. The van der Waals surface area contributed by atoms with E-state index in [9.17, 15) is 4.79 Å². The number of hydrogen-bond donors (Lipinski definition) is 1. The Kier molecular flexibility index (Phi) is 5.62. The van der Waals surface area contributed by atoms with Crippen LogP contribution in [0.3, 0.4) is 0 Å². The maximum Gasteiger partial charge on any atom is 0.228 e. The Hall–Kier alpha value is -2.48. The monoisotopic (exact) mass is 383 g/mol. The zero-order valence-corrected chi connectivity index (χ0v) is 15.7. The third-order valence-electron chi connectivity index (χ3n) is 4.41. The lowest BCUT2D eigenvalue weighted by Gasteiger charge is -2.32. The quantitative estimate of drug-likeness (QED) is 0.704. The number of hydrogen-bond acceptors (Lipinski definition) is 6. The number of nitrogens with zero attached hydrogens (tertiary/aromatic N) is 2. The van der Waals surface area contributed by atoms with Crippen LogP contribution in [0.4, 0.5) is 5.13 Å². The van der Waals surface area contributed by atoms with Crippen molar-refractivity contribution in [1.82, 2.24) is 9.88 Å². The molecule has 1 fully saturated rings. The van der Waals surface area contributed by atoms with Gasteiger partial charge in [0.15, 0.2) is 10.9 Å². The highest BCUT2D eigenvalue weighted by Crippen LogP contribution is 2.25. The van der Waals surface area contributed by atoms with Crippen LogP contribution in [0, 0.1) is 0 Å². The van der Waals surface area contributed by atoms with Crippen LogP contribution in [0.2, 0.25) is 0 Å². The standard InChI is InChI=1S/C20H21N3O3S/c24-19(22-20-21-17(14-27-20)18-7-4-9-26-18)11-16-13-23(8-10-25-16)12-15-5-2-1-3-6-15/h1-7,9,14,16H,8,10-13H2,(H,21,22,24). The molecule has 2 aromatic heterocycles. The molecule has 6 nitrogen and oxygen atoms in total. The summed E-state index contributed by atoms with van der Waals surface area (Å²) in [7, 11) is 0. The summed E-state index contributed by atoms with van der Waals surface area (Å²) in [5.74, 6) is 0.612. The van der Waals surface area contributed by atoms with Gasteiger partial charge in [-0.05, 0) is 17.7 Å². The van der Waals surface area contributed by atoms with E-state index in [1.807, 2.05) is 35.7 Å². The summed E-state index contributed by atoms with van der Waals surface area (Å²) in [4.78, 5) is 19.1. The number of furan rings is 1. The van der Waals surface area contributed by atoms with Gasteiger partial charge in [-0.15, -0.1) is 11.3 Å². The summed E-state index contributed by atoms with van der Waals surface area (Å²) in [6, 6.07) is 14.0. The minimum absolute atomic E-state index is 0.0816. The highest BCUT2D eigenvalue weighted by atomic mass is 32.1. The average molecular weight is 383 g/mol. The van der Waals surface area contributed by atoms with Gasteiger partial charge in [0, 0.05) is 25.0 Å². The maximum absolute atomic E-state index is 12.4. The van der Waals surface area contributed by atoms with Crippen LogP contribution in [0.5, 0.6) is 0 Å². The molecule has 1 N–H and O–H groups in total. The van der Waals surface area contributed by atoms with Gasteiger partial charge in [0.1, 0.15) is 5.69 Å². The third kappa shape index (κ3) is 4.82. The molecule has 3 heterocycles. The van der Waals surface area contributed by atoms with Crippen molar-refractivity contribution in [3.8, 4) is 11.5 Å². The zero-order valence-electron chi connectivity index (χ0n) is 14.8. The van der Waals surface area contributed by atoms with Crippen LogP contribution in [-0.4, -0.2) is 41.6 Å². The van der Waals surface area contributed by atoms with Crippen LogP contribution in [0.1, 0.15) is 12.0 Å². The number of carbonyl (C=O) groups excluding carboxylic acids is 1. The van der Waals surface area contributed by atoms with E-state index in [0.29, 0.717) is 23.9 Å². The van der Waals surface area contributed by atoms with Crippen LogP contribution >= 0.6 is 11.3 Å². The summed E-state index contributed by atoms with van der Waals surface area (Å²) >= 11 is 1.39. The fourth-order valence-electron chi connectivity index (χ4n) is 3.13. The molecule has 1 amide bonds. The lowest BCUT2D eigenvalue weighted by Crippen LogP contribution is -2.43. The smallest absolute Gasteiger partial charge is 0.228 e. The van der Waals surface area contributed by atoms with Crippen molar-refractivity contribution in [3.63, 3.8) is 0 Å². The molecular weight excluding hydrogens is 362 g/mol. The van der Waals surface area contributed by atoms with Gasteiger partial charge in [0.2, 0.25) is 5.91 Å². The van der Waals surface area contributed by atoms with Gasteiger partial charge in [0.25, 0.3) is 0 Å². The molecule has 1 aliphatic rings. The highest BCUT2D eigenvalue weighted by molar-refractivity contribution is 7.14. The Morgan fingerprint density at radius 3 is 2.96 bits per heavy atom. The Labute approximate surface area is 161 Å². The molecule has 0 spiro atoms. The summed E-state index contributed by atoms with van der Waals surface area (Å²) in [5.41, 5.74) is 2.00. The first kappa shape index (κ1) is 17.9. The fourth-order valence-corrected chi connectivity index (χ4v) is 3.85. The molecule has 3 aromatic rings. The van der Waals surface area contributed by atoms with E-state index in [1.54, 1.807) is 6.26 Å². The summed E-state index contributed by atoms with van der Waals surface area (Å²) < 4.78 is 11.1. The minimum Gasteiger partial charge on any atom is -0.463 e. The predicted molar refractivity (Wildman–Crippen MR) is 105 cm³/mol. The van der Waals surface area contributed by atoms with E-state index < -0.39 is 0 Å². The van der Waals surface area contributed by atoms with E-state index in [0.717, 1.165) is 25.3 Å². The highest BCUT2D eigenvalue weighted by Gasteiger charge is 2.23. The van der Waals surface area contributed by atoms with Crippen LogP contribution in [0.25, 0.3) is 11.5 Å². The van der Waals surface area contributed by atoms with Gasteiger partial charge in [-0.25, -0.2) is 4.98 Å². The Balaban J connectivity index is 1.29. The normalized spacial score (nSPS) is 17.7. The predicted octanol–water partition coefficient (Wildman–Crippen LogP) is 3.63. The van der Waals surface area contributed by atoms with E-state index in [2.05, 4.69) is 27.3 Å². The van der Waals surface area contributed by atoms with Gasteiger partial charge in [-0.2, -0.15) is 0 Å². The summed E-state index contributed by atoms with van der Waals surface area (Å²) in [5, 5.41) is 5.31. The van der Waals surface area contributed by atoms with Crippen molar-refractivity contribution < 1.29 is 13.9 Å². The molecule has 4 rings (SSSR count). The number of rotatable bonds is 6. The number of benzene rings is 1. The molecule has 7 heteroatoms. The molecule has 1 saturated heterocycles. The van der Waals surface area contributed by atoms with Crippen molar-refractivity contribution >= 4 is 22.4 Å². The molecule has 140 valence electrons. The number of carbonyl (C=O) groups is 1. The van der Waals surface area contributed by atoms with Gasteiger partial charge in [-0.1, -0.05) is 30.3 Å². The van der Waals surface area contributed by atoms with E-state index >= 15 is 0 Å². The van der Waals surface area contributed by atoms with Crippen molar-refractivity contribution in [2.75, 3.05) is 25.0 Å². The lowest BCUT2D eigenvalue weighted by molar-refractivity contribution is -0.121. The topological polar surface area (TPSA) is 67.6 Å². The molecule has 27 heavy (non-hydrogen) atoms. The number of amides is 1. The van der Waals surface area contributed by atoms with Gasteiger partial charge < -0.3 is 14.5 Å². The number of ether oxygens (including phenoxy) is 1. The summed E-state index contributed by atoms with van der Waals surface area (Å²) in [6.07, 6.45) is 1.82. The van der Waals surface area contributed by atoms with E-state index in [-0.39, 0.29) is 12.0 Å². The third-order valence-corrected chi connectivity index (χ3v) is 5.17. The molecule has 1 atom stereocenters.